The Morgan fingerprint density at radius 2 is 2.00 bits per heavy atom. The fourth-order valence-corrected chi connectivity index (χ4v) is 2.59. The molecule has 7 heteroatoms. The lowest BCUT2D eigenvalue weighted by atomic mass is 10.0. The summed E-state index contributed by atoms with van der Waals surface area (Å²) < 4.78 is 1.62. The second-order valence-electron chi connectivity index (χ2n) is 5.63. The summed E-state index contributed by atoms with van der Waals surface area (Å²) in [6.45, 7) is 3.46. The van der Waals surface area contributed by atoms with Crippen molar-refractivity contribution in [1.82, 2.24) is 19.7 Å². The van der Waals surface area contributed by atoms with E-state index in [-0.39, 0.29) is 11.7 Å². The van der Waals surface area contributed by atoms with Gasteiger partial charge in [0.1, 0.15) is 11.4 Å². The molecule has 3 aromatic rings. The number of hydrogen-bond donors (Lipinski definition) is 3. The second-order valence-corrected chi connectivity index (χ2v) is 5.63. The van der Waals surface area contributed by atoms with E-state index in [1.807, 2.05) is 0 Å². The number of phenolic OH excluding ortho intramolecular Hbond substituents is 1. The van der Waals surface area contributed by atoms with E-state index in [4.69, 9.17) is 0 Å². The number of fused-ring (bicyclic) bond motifs is 1. The smallest absolute Gasteiger partial charge is 0.270 e. The van der Waals surface area contributed by atoms with Gasteiger partial charge < -0.3 is 15.5 Å². The molecule has 0 saturated carbocycles. The minimum atomic E-state index is -0.896. The summed E-state index contributed by atoms with van der Waals surface area (Å²) in [5, 5.41) is 22.5. The number of nitrogens with zero attached hydrogens (tertiary/aromatic N) is 3. The van der Waals surface area contributed by atoms with Crippen LogP contribution in [0.4, 0.5) is 0 Å². The molecule has 0 saturated heterocycles. The van der Waals surface area contributed by atoms with Crippen LogP contribution in [0.2, 0.25) is 0 Å². The number of rotatable bonds is 4. The first-order valence-electron chi connectivity index (χ1n) is 7.55. The minimum absolute atomic E-state index is 0.122. The molecule has 0 spiro atoms. The van der Waals surface area contributed by atoms with Crippen LogP contribution in [0, 0.1) is 6.92 Å². The number of carbonyl (C=O) groups excluding carboxylic acids is 1. The summed E-state index contributed by atoms with van der Waals surface area (Å²) in [4.78, 5) is 21.0. The van der Waals surface area contributed by atoms with Crippen LogP contribution < -0.4 is 5.32 Å². The van der Waals surface area contributed by atoms with Crippen molar-refractivity contribution in [2.45, 2.75) is 26.0 Å². The maximum atomic E-state index is 12.6. The molecule has 7 nitrogen and oxygen atoms in total. The van der Waals surface area contributed by atoms with Crippen LogP contribution in [0.3, 0.4) is 0 Å². The van der Waals surface area contributed by atoms with Crippen LogP contribution in [0.15, 0.2) is 42.7 Å². The Morgan fingerprint density at radius 3 is 2.71 bits per heavy atom. The first-order valence-corrected chi connectivity index (χ1v) is 7.55. The fraction of sp³-hybridized carbons (Fsp3) is 0.235. The summed E-state index contributed by atoms with van der Waals surface area (Å²) >= 11 is 0. The lowest BCUT2D eigenvalue weighted by molar-refractivity contribution is 0.0845. The maximum Gasteiger partial charge on any atom is 0.270 e. The Bertz CT molecular complexity index is 873. The summed E-state index contributed by atoms with van der Waals surface area (Å²) in [6, 6.07) is 7.42. The van der Waals surface area contributed by atoms with Crippen molar-refractivity contribution in [2.24, 2.45) is 0 Å². The quantitative estimate of drug-likeness (QED) is 0.676. The van der Waals surface area contributed by atoms with Gasteiger partial charge in [-0.05, 0) is 37.6 Å². The number of nitrogens with one attached hydrogen (secondary N) is 1. The number of hydrogen-bond acceptors (Lipinski definition) is 5. The van der Waals surface area contributed by atoms with E-state index in [1.54, 1.807) is 48.8 Å². The van der Waals surface area contributed by atoms with Gasteiger partial charge in [0, 0.05) is 12.4 Å². The molecule has 2 atom stereocenters. The second kappa shape index (κ2) is 6.29. The topological polar surface area (TPSA) is 99.8 Å². The highest BCUT2D eigenvalue weighted by Crippen LogP contribution is 2.20. The van der Waals surface area contributed by atoms with Gasteiger partial charge in [0.25, 0.3) is 5.91 Å². The number of aromatic nitrogens is 3. The molecule has 1 aromatic carbocycles. The molecule has 0 aliphatic heterocycles. The van der Waals surface area contributed by atoms with Crippen LogP contribution in [0.25, 0.3) is 5.78 Å². The van der Waals surface area contributed by atoms with Crippen molar-refractivity contribution in [1.29, 1.82) is 0 Å². The molecule has 0 radical (unpaired) electrons. The van der Waals surface area contributed by atoms with Crippen LogP contribution in [0.5, 0.6) is 5.75 Å². The molecule has 0 aliphatic carbocycles. The third-order valence-electron chi connectivity index (χ3n) is 3.86. The SMILES string of the molecule is Cc1nc2ncccn2c1C(=O)N[C@@H](C)[C@H](O)c1ccc(O)cc1. The number of carbonyl (C=O) groups is 1. The zero-order valence-corrected chi connectivity index (χ0v) is 13.3. The van der Waals surface area contributed by atoms with Crippen LogP contribution in [0.1, 0.15) is 34.8 Å². The number of aliphatic hydroxyl groups is 1. The highest BCUT2D eigenvalue weighted by molar-refractivity contribution is 5.94. The zero-order valence-electron chi connectivity index (χ0n) is 13.3. The Labute approximate surface area is 138 Å². The molecule has 0 bridgehead atoms. The van der Waals surface area contributed by atoms with Gasteiger partial charge in [0.2, 0.25) is 5.78 Å². The highest BCUT2D eigenvalue weighted by Gasteiger charge is 2.23. The first kappa shape index (κ1) is 15.9. The van der Waals surface area contributed by atoms with Crippen LogP contribution in [-0.4, -0.2) is 36.5 Å². The van der Waals surface area contributed by atoms with Gasteiger partial charge in [-0.3, -0.25) is 9.20 Å². The van der Waals surface area contributed by atoms with E-state index in [0.29, 0.717) is 22.7 Å². The fourth-order valence-electron chi connectivity index (χ4n) is 2.59. The number of imidazole rings is 1. The Hall–Kier alpha value is -2.93. The standard InChI is InChI=1S/C17H18N4O3/c1-10-14(21-9-3-8-18-17(21)20-10)16(24)19-11(2)15(23)12-4-6-13(22)7-5-12/h3-9,11,15,22-23H,1-2H3,(H,19,24)/t11-,15-/m0/s1. The molecular formula is C17H18N4O3. The van der Waals surface area contributed by atoms with Crippen LogP contribution >= 0.6 is 0 Å². The lowest BCUT2D eigenvalue weighted by Crippen LogP contribution is -2.37. The Balaban J connectivity index is 1.80. The van der Waals surface area contributed by atoms with Gasteiger partial charge in [0.15, 0.2) is 0 Å². The molecule has 0 aliphatic rings. The van der Waals surface area contributed by atoms with E-state index in [1.165, 1.54) is 12.1 Å². The third-order valence-corrected chi connectivity index (χ3v) is 3.86. The minimum Gasteiger partial charge on any atom is -0.508 e. The van der Waals surface area contributed by atoms with Gasteiger partial charge in [0.05, 0.1) is 17.8 Å². The number of phenols is 1. The van der Waals surface area contributed by atoms with Gasteiger partial charge in [-0.25, -0.2) is 9.97 Å². The van der Waals surface area contributed by atoms with Crippen molar-refractivity contribution in [2.75, 3.05) is 0 Å². The van der Waals surface area contributed by atoms with Gasteiger partial charge in [-0.1, -0.05) is 12.1 Å². The zero-order chi connectivity index (χ0) is 17.3. The molecule has 24 heavy (non-hydrogen) atoms. The average Bonchev–Trinajstić information content (AvgIpc) is 2.90. The monoisotopic (exact) mass is 326 g/mol. The van der Waals surface area contributed by atoms with E-state index in [0.717, 1.165) is 0 Å². The van der Waals surface area contributed by atoms with Crippen LogP contribution in [-0.2, 0) is 0 Å². The number of benzene rings is 1. The highest BCUT2D eigenvalue weighted by atomic mass is 16.3. The molecule has 2 aromatic heterocycles. The molecule has 0 fully saturated rings. The number of aromatic hydroxyl groups is 1. The average molecular weight is 326 g/mol. The number of amides is 1. The van der Waals surface area contributed by atoms with E-state index < -0.39 is 12.1 Å². The lowest BCUT2D eigenvalue weighted by Gasteiger charge is -2.20. The molecule has 2 heterocycles. The Morgan fingerprint density at radius 1 is 1.29 bits per heavy atom. The summed E-state index contributed by atoms with van der Waals surface area (Å²) in [7, 11) is 0. The molecule has 124 valence electrons. The molecule has 0 unspecified atom stereocenters. The van der Waals surface area contributed by atoms with Crippen molar-refractivity contribution in [3.05, 3.63) is 59.7 Å². The van der Waals surface area contributed by atoms with Gasteiger partial charge >= 0.3 is 0 Å². The molecule has 3 N–H and O–H groups in total. The van der Waals surface area contributed by atoms with E-state index in [9.17, 15) is 15.0 Å². The maximum absolute atomic E-state index is 12.6. The van der Waals surface area contributed by atoms with E-state index >= 15 is 0 Å². The van der Waals surface area contributed by atoms with Gasteiger partial charge in [-0.2, -0.15) is 0 Å². The van der Waals surface area contributed by atoms with Crippen molar-refractivity contribution < 1.29 is 15.0 Å². The van der Waals surface area contributed by atoms with Crippen molar-refractivity contribution in [3.63, 3.8) is 0 Å². The number of aryl methyl sites for hydroxylation is 1. The molecule has 3 rings (SSSR count). The first-order chi connectivity index (χ1) is 11.5. The van der Waals surface area contributed by atoms with Crippen molar-refractivity contribution >= 4 is 11.7 Å². The summed E-state index contributed by atoms with van der Waals surface area (Å²) in [5.74, 6) is 0.238. The van der Waals surface area contributed by atoms with Gasteiger partial charge in [-0.15, -0.1) is 0 Å². The largest absolute Gasteiger partial charge is 0.508 e. The predicted octanol–water partition coefficient (Wildman–Crippen LogP) is 1.60. The normalized spacial score (nSPS) is 13.6. The number of aliphatic hydroxyl groups excluding tert-OH is 1. The molecule has 1 amide bonds. The van der Waals surface area contributed by atoms with E-state index in [2.05, 4.69) is 15.3 Å². The summed E-state index contributed by atoms with van der Waals surface area (Å²) in [6.07, 6.45) is 2.44. The Kier molecular flexibility index (Phi) is 4.18. The van der Waals surface area contributed by atoms with Crippen molar-refractivity contribution in [3.8, 4) is 5.75 Å². The third kappa shape index (κ3) is 2.93. The molecular weight excluding hydrogens is 308 g/mol. The summed E-state index contributed by atoms with van der Waals surface area (Å²) in [5.41, 5.74) is 1.57. The predicted molar refractivity (Wildman–Crippen MR) is 87.7 cm³/mol.